The molecule has 0 heterocycles. The number of halogens is 3. The lowest BCUT2D eigenvalue weighted by atomic mass is 10.1. The van der Waals surface area contributed by atoms with E-state index in [4.69, 9.17) is 0 Å². The number of benzene rings is 1. The molecule has 1 nitrogen and oxygen atoms in total. The molecule has 4 heteroatoms. The van der Waals surface area contributed by atoms with Crippen molar-refractivity contribution < 1.29 is 8.78 Å². The third-order valence-corrected chi connectivity index (χ3v) is 3.96. The van der Waals surface area contributed by atoms with E-state index in [0.29, 0.717) is 18.2 Å². The van der Waals surface area contributed by atoms with Gasteiger partial charge in [-0.25, -0.2) is 8.78 Å². The summed E-state index contributed by atoms with van der Waals surface area (Å²) in [6, 6.07) is 4.41. The minimum Gasteiger partial charge on any atom is -0.295 e. The highest BCUT2D eigenvalue weighted by molar-refractivity contribution is 9.09. The predicted octanol–water partition coefficient (Wildman–Crippen LogP) is 4.10. The number of nitrogens with zero attached hydrogens (tertiary/aromatic N) is 1. The maximum Gasteiger partial charge on any atom is 0.130 e. The van der Waals surface area contributed by atoms with E-state index in [2.05, 4.69) is 20.8 Å². The summed E-state index contributed by atoms with van der Waals surface area (Å²) in [6.45, 7) is 1.48. The van der Waals surface area contributed by atoms with Crippen molar-refractivity contribution in [2.45, 2.75) is 38.3 Å². The molecule has 0 radical (unpaired) electrons. The van der Waals surface area contributed by atoms with Crippen LogP contribution in [0.15, 0.2) is 18.2 Å². The van der Waals surface area contributed by atoms with Crippen LogP contribution in [0.2, 0.25) is 0 Å². The molecule has 1 fully saturated rings. The molecule has 0 N–H and O–H groups in total. The van der Waals surface area contributed by atoms with Gasteiger partial charge < -0.3 is 0 Å². The van der Waals surface area contributed by atoms with Crippen LogP contribution in [-0.4, -0.2) is 22.8 Å². The highest BCUT2D eigenvalue weighted by atomic mass is 79.9. The van der Waals surface area contributed by atoms with Crippen LogP contribution in [-0.2, 0) is 6.54 Å². The van der Waals surface area contributed by atoms with Crippen molar-refractivity contribution in [1.29, 1.82) is 0 Å². The lowest BCUT2D eigenvalue weighted by Gasteiger charge is -2.28. The van der Waals surface area contributed by atoms with Crippen molar-refractivity contribution in [3.8, 4) is 0 Å². The van der Waals surface area contributed by atoms with Crippen molar-refractivity contribution in [1.82, 2.24) is 4.90 Å². The van der Waals surface area contributed by atoms with Crippen LogP contribution in [0.5, 0.6) is 0 Å². The summed E-state index contributed by atoms with van der Waals surface area (Å²) in [5.74, 6) is -0.947. The molecule has 0 aliphatic heterocycles. The molecule has 0 saturated heterocycles. The fourth-order valence-electron chi connectivity index (χ4n) is 2.64. The lowest BCUT2D eigenvalue weighted by Crippen LogP contribution is -2.34. The molecule has 2 rings (SSSR count). The molecule has 1 aliphatic carbocycles. The van der Waals surface area contributed by atoms with Crippen molar-refractivity contribution in [2.75, 3.05) is 11.9 Å². The van der Waals surface area contributed by atoms with Crippen LogP contribution in [0.1, 0.15) is 31.2 Å². The topological polar surface area (TPSA) is 3.24 Å². The van der Waals surface area contributed by atoms with E-state index in [0.717, 1.165) is 17.9 Å². The van der Waals surface area contributed by atoms with Crippen LogP contribution in [0.25, 0.3) is 0 Å². The van der Waals surface area contributed by atoms with E-state index in [9.17, 15) is 8.78 Å². The van der Waals surface area contributed by atoms with Gasteiger partial charge in [0.1, 0.15) is 11.6 Å². The van der Waals surface area contributed by atoms with Gasteiger partial charge in [-0.1, -0.05) is 34.8 Å². The second-order valence-corrected chi connectivity index (χ2v) is 5.63. The van der Waals surface area contributed by atoms with Gasteiger partial charge in [0.05, 0.1) is 0 Å². The molecule has 0 aromatic heterocycles. The summed E-state index contributed by atoms with van der Waals surface area (Å²) >= 11 is 3.45. The van der Waals surface area contributed by atoms with Crippen LogP contribution in [0.4, 0.5) is 8.78 Å². The van der Waals surface area contributed by atoms with Crippen molar-refractivity contribution in [3.05, 3.63) is 35.4 Å². The SMILES string of the molecule is Fc1ccc(CN(CCBr)C2CCCC2)c(F)c1. The second-order valence-electron chi connectivity index (χ2n) is 4.83. The molecular formula is C14H18BrF2N. The smallest absolute Gasteiger partial charge is 0.130 e. The largest absolute Gasteiger partial charge is 0.295 e. The Kier molecular flexibility index (Phi) is 5.13. The Bertz CT molecular complexity index is 391. The monoisotopic (exact) mass is 317 g/mol. The Hall–Kier alpha value is -0.480. The summed E-state index contributed by atoms with van der Waals surface area (Å²) in [5, 5.41) is 0.881. The number of hydrogen-bond donors (Lipinski definition) is 0. The summed E-state index contributed by atoms with van der Waals surface area (Å²) < 4.78 is 26.5. The van der Waals surface area contributed by atoms with Gasteiger partial charge in [-0.3, -0.25) is 4.90 Å². The van der Waals surface area contributed by atoms with Crippen molar-refractivity contribution in [3.63, 3.8) is 0 Å². The first kappa shape index (κ1) is 13.9. The fraction of sp³-hybridized carbons (Fsp3) is 0.571. The van der Waals surface area contributed by atoms with Crippen molar-refractivity contribution >= 4 is 15.9 Å². The number of hydrogen-bond acceptors (Lipinski definition) is 1. The lowest BCUT2D eigenvalue weighted by molar-refractivity contribution is 0.200. The maximum atomic E-state index is 13.7. The second kappa shape index (κ2) is 6.62. The van der Waals surface area contributed by atoms with Crippen LogP contribution in [0, 0.1) is 11.6 Å². The summed E-state index contributed by atoms with van der Waals surface area (Å²) in [4.78, 5) is 2.30. The zero-order valence-corrected chi connectivity index (χ0v) is 11.9. The number of rotatable bonds is 5. The third-order valence-electron chi connectivity index (χ3n) is 3.60. The average molecular weight is 318 g/mol. The zero-order chi connectivity index (χ0) is 13.0. The standard InChI is InChI=1S/C14H18BrF2N/c15-7-8-18(13-3-1-2-4-13)10-11-5-6-12(16)9-14(11)17/h5-6,9,13H,1-4,7-8,10H2. The highest BCUT2D eigenvalue weighted by Gasteiger charge is 2.22. The van der Waals surface area contributed by atoms with Gasteiger partial charge in [0.25, 0.3) is 0 Å². The molecule has 1 aromatic carbocycles. The molecule has 1 aliphatic rings. The Morgan fingerprint density at radius 1 is 1.22 bits per heavy atom. The summed E-state index contributed by atoms with van der Waals surface area (Å²) in [6.07, 6.45) is 4.90. The van der Waals surface area contributed by atoms with Crippen LogP contribution in [0.3, 0.4) is 0 Å². The van der Waals surface area contributed by atoms with Crippen LogP contribution >= 0.6 is 15.9 Å². The van der Waals surface area contributed by atoms with Gasteiger partial charge in [0.15, 0.2) is 0 Å². The molecule has 0 bridgehead atoms. The maximum absolute atomic E-state index is 13.7. The molecule has 1 saturated carbocycles. The predicted molar refractivity (Wildman–Crippen MR) is 72.8 cm³/mol. The first-order valence-corrected chi connectivity index (χ1v) is 7.57. The quantitative estimate of drug-likeness (QED) is 0.739. The van der Waals surface area contributed by atoms with E-state index in [1.165, 1.54) is 31.7 Å². The first-order chi connectivity index (χ1) is 8.70. The minimum atomic E-state index is -0.510. The fourth-order valence-corrected chi connectivity index (χ4v) is 3.09. The van der Waals surface area contributed by atoms with Gasteiger partial charge in [0.2, 0.25) is 0 Å². The first-order valence-electron chi connectivity index (χ1n) is 6.44. The number of alkyl halides is 1. The molecule has 0 amide bonds. The van der Waals surface area contributed by atoms with E-state index in [-0.39, 0.29) is 0 Å². The normalized spacial score (nSPS) is 16.7. The molecular weight excluding hydrogens is 300 g/mol. The Morgan fingerprint density at radius 2 is 1.94 bits per heavy atom. The molecule has 18 heavy (non-hydrogen) atoms. The Balaban J connectivity index is 2.07. The Morgan fingerprint density at radius 3 is 2.56 bits per heavy atom. The zero-order valence-electron chi connectivity index (χ0n) is 10.3. The molecule has 0 atom stereocenters. The van der Waals surface area contributed by atoms with E-state index in [1.54, 1.807) is 6.07 Å². The average Bonchev–Trinajstić information content (AvgIpc) is 2.85. The van der Waals surface area contributed by atoms with Gasteiger partial charge >= 0.3 is 0 Å². The molecule has 100 valence electrons. The molecule has 1 aromatic rings. The van der Waals surface area contributed by atoms with Gasteiger partial charge in [-0.2, -0.15) is 0 Å². The van der Waals surface area contributed by atoms with Crippen molar-refractivity contribution in [2.24, 2.45) is 0 Å². The van der Waals surface area contributed by atoms with E-state index < -0.39 is 11.6 Å². The molecule has 0 unspecified atom stereocenters. The highest BCUT2D eigenvalue weighted by Crippen LogP contribution is 2.25. The van der Waals surface area contributed by atoms with E-state index >= 15 is 0 Å². The summed E-state index contributed by atoms with van der Waals surface area (Å²) in [5.41, 5.74) is 0.587. The molecule has 0 spiro atoms. The van der Waals surface area contributed by atoms with Gasteiger partial charge in [0, 0.05) is 36.1 Å². The third kappa shape index (κ3) is 3.51. The van der Waals surface area contributed by atoms with Crippen LogP contribution < -0.4 is 0 Å². The van der Waals surface area contributed by atoms with E-state index in [1.807, 2.05) is 0 Å². The minimum absolute atomic E-state index is 0.437. The van der Waals surface area contributed by atoms with Gasteiger partial charge in [-0.15, -0.1) is 0 Å². The van der Waals surface area contributed by atoms with Gasteiger partial charge in [-0.05, 0) is 18.9 Å². The summed E-state index contributed by atoms with van der Waals surface area (Å²) in [7, 11) is 0. The Labute approximate surface area is 115 Å².